The third-order valence-electron chi connectivity index (χ3n) is 2.31. The van der Waals surface area contributed by atoms with E-state index in [-0.39, 0.29) is 5.92 Å². The Hall–Kier alpha value is -1.24. The summed E-state index contributed by atoms with van der Waals surface area (Å²) in [4.78, 5) is 11.6. The summed E-state index contributed by atoms with van der Waals surface area (Å²) in [7, 11) is 0. The van der Waals surface area contributed by atoms with Crippen molar-refractivity contribution in [1.29, 1.82) is 5.26 Å². The molecule has 1 unspecified atom stereocenters. The SMILES string of the molecule is CCOC(=O)C(CC)(OC#N)C(C)C. The van der Waals surface area contributed by atoms with Gasteiger partial charge >= 0.3 is 5.97 Å². The first-order valence-electron chi connectivity index (χ1n) is 4.79. The normalized spacial score (nSPS) is 14.3. The first-order chi connectivity index (χ1) is 6.55. The van der Waals surface area contributed by atoms with Crippen molar-refractivity contribution in [3.63, 3.8) is 0 Å². The summed E-state index contributed by atoms with van der Waals surface area (Å²) in [6.45, 7) is 7.48. The maximum Gasteiger partial charge on any atom is 0.351 e. The lowest BCUT2D eigenvalue weighted by atomic mass is 9.87. The first-order valence-corrected chi connectivity index (χ1v) is 4.79. The van der Waals surface area contributed by atoms with Crippen LogP contribution < -0.4 is 0 Å². The predicted octanol–water partition coefficient (Wildman–Crippen LogP) is 1.85. The van der Waals surface area contributed by atoms with Crippen LogP contribution >= 0.6 is 0 Å². The van der Waals surface area contributed by atoms with Gasteiger partial charge in [-0.15, -0.1) is 0 Å². The molecule has 0 rings (SSSR count). The number of rotatable bonds is 5. The highest BCUT2D eigenvalue weighted by molar-refractivity contribution is 5.80. The van der Waals surface area contributed by atoms with Crippen LogP contribution in [0.15, 0.2) is 0 Å². The Morgan fingerprint density at radius 2 is 2.07 bits per heavy atom. The number of hydrogen-bond donors (Lipinski definition) is 0. The Kier molecular flexibility index (Phi) is 5.00. The molecule has 4 heteroatoms. The van der Waals surface area contributed by atoms with Gasteiger partial charge in [-0.3, -0.25) is 0 Å². The molecule has 0 fully saturated rings. The number of nitriles is 1. The molecule has 0 amide bonds. The number of carbonyl (C=O) groups is 1. The highest BCUT2D eigenvalue weighted by Gasteiger charge is 2.44. The summed E-state index contributed by atoms with van der Waals surface area (Å²) in [5.41, 5.74) is -1.12. The van der Waals surface area contributed by atoms with Crippen molar-refractivity contribution < 1.29 is 14.3 Å². The minimum atomic E-state index is -1.12. The van der Waals surface area contributed by atoms with Crippen molar-refractivity contribution in [1.82, 2.24) is 0 Å². The molecular formula is C10H17NO3. The summed E-state index contributed by atoms with van der Waals surface area (Å²) in [5, 5.41) is 8.52. The maximum absolute atomic E-state index is 11.6. The monoisotopic (exact) mass is 199 g/mol. The number of esters is 1. The minimum absolute atomic E-state index is 0.0915. The van der Waals surface area contributed by atoms with Gasteiger partial charge in [-0.1, -0.05) is 20.8 Å². The van der Waals surface area contributed by atoms with Crippen molar-refractivity contribution in [2.75, 3.05) is 6.61 Å². The molecule has 0 N–H and O–H groups in total. The van der Waals surface area contributed by atoms with Crippen LogP contribution in [0.1, 0.15) is 34.1 Å². The molecule has 0 radical (unpaired) electrons. The second-order valence-electron chi connectivity index (χ2n) is 3.31. The highest BCUT2D eigenvalue weighted by Crippen LogP contribution is 2.27. The van der Waals surface area contributed by atoms with Crippen LogP contribution in [0.25, 0.3) is 0 Å². The van der Waals surface area contributed by atoms with Gasteiger partial charge in [-0.2, -0.15) is 5.26 Å². The molecule has 80 valence electrons. The van der Waals surface area contributed by atoms with E-state index in [1.165, 1.54) is 0 Å². The molecule has 0 aromatic carbocycles. The zero-order valence-corrected chi connectivity index (χ0v) is 9.16. The molecule has 0 saturated heterocycles. The van der Waals surface area contributed by atoms with E-state index in [1.54, 1.807) is 20.1 Å². The number of hydrogen-bond acceptors (Lipinski definition) is 4. The van der Waals surface area contributed by atoms with Crippen LogP contribution in [0, 0.1) is 17.4 Å². The molecule has 0 aromatic rings. The second kappa shape index (κ2) is 5.48. The molecular weight excluding hydrogens is 182 g/mol. The van der Waals surface area contributed by atoms with Gasteiger partial charge in [0.25, 0.3) is 6.26 Å². The summed E-state index contributed by atoms with van der Waals surface area (Å²) in [6.07, 6.45) is 2.01. The number of nitrogens with zero attached hydrogens (tertiary/aromatic N) is 1. The number of ether oxygens (including phenoxy) is 2. The molecule has 0 aliphatic rings. The van der Waals surface area contributed by atoms with Gasteiger partial charge < -0.3 is 9.47 Å². The zero-order chi connectivity index (χ0) is 11.2. The Balaban J connectivity index is 4.84. The van der Waals surface area contributed by atoms with Crippen molar-refractivity contribution in [3.05, 3.63) is 0 Å². The maximum atomic E-state index is 11.6. The predicted molar refractivity (Wildman–Crippen MR) is 51.2 cm³/mol. The second-order valence-corrected chi connectivity index (χ2v) is 3.31. The van der Waals surface area contributed by atoms with Crippen LogP contribution in [-0.2, 0) is 14.3 Å². The van der Waals surface area contributed by atoms with Crippen LogP contribution in [0.2, 0.25) is 0 Å². The Morgan fingerprint density at radius 1 is 1.50 bits per heavy atom. The van der Waals surface area contributed by atoms with Crippen LogP contribution in [0.5, 0.6) is 0 Å². The summed E-state index contributed by atoms with van der Waals surface area (Å²) >= 11 is 0. The van der Waals surface area contributed by atoms with Crippen LogP contribution in [-0.4, -0.2) is 18.2 Å². The molecule has 4 nitrogen and oxygen atoms in total. The van der Waals surface area contributed by atoms with E-state index in [0.717, 1.165) is 0 Å². The summed E-state index contributed by atoms with van der Waals surface area (Å²) < 4.78 is 9.78. The van der Waals surface area contributed by atoms with E-state index in [0.29, 0.717) is 13.0 Å². The Bertz CT molecular complexity index is 232. The highest BCUT2D eigenvalue weighted by atomic mass is 16.6. The third kappa shape index (κ3) is 2.38. The van der Waals surface area contributed by atoms with E-state index in [9.17, 15) is 4.79 Å². The zero-order valence-electron chi connectivity index (χ0n) is 9.16. The van der Waals surface area contributed by atoms with Crippen LogP contribution in [0.4, 0.5) is 0 Å². The average molecular weight is 199 g/mol. The molecule has 0 heterocycles. The van der Waals surface area contributed by atoms with Crippen molar-refractivity contribution in [2.24, 2.45) is 5.92 Å². The van der Waals surface area contributed by atoms with E-state index in [2.05, 4.69) is 0 Å². The van der Waals surface area contributed by atoms with E-state index in [1.807, 2.05) is 13.8 Å². The molecule has 0 aliphatic carbocycles. The van der Waals surface area contributed by atoms with Gasteiger partial charge in [0.1, 0.15) is 0 Å². The molecule has 0 aliphatic heterocycles. The quantitative estimate of drug-likeness (QED) is 0.501. The standard InChI is InChI=1S/C10H17NO3/c1-5-10(8(3)4,14-7-11)9(12)13-6-2/h8H,5-6H2,1-4H3. The smallest absolute Gasteiger partial charge is 0.351 e. The molecule has 14 heavy (non-hydrogen) atoms. The average Bonchev–Trinajstić information content (AvgIpc) is 2.14. The molecule has 0 bridgehead atoms. The van der Waals surface area contributed by atoms with Gasteiger partial charge in [0.2, 0.25) is 5.60 Å². The largest absolute Gasteiger partial charge is 0.463 e. The summed E-state index contributed by atoms with van der Waals surface area (Å²) in [6, 6.07) is 0. The van der Waals surface area contributed by atoms with E-state index < -0.39 is 11.6 Å². The fourth-order valence-electron chi connectivity index (χ4n) is 1.35. The van der Waals surface area contributed by atoms with Gasteiger partial charge in [-0.05, 0) is 13.3 Å². The van der Waals surface area contributed by atoms with Crippen molar-refractivity contribution >= 4 is 5.97 Å². The van der Waals surface area contributed by atoms with Crippen molar-refractivity contribution in [3.8, 4) is 6.26 Å². The number of carbonyl (C=O) groups excluding carboxylic acids is 1. The third-order valence-corrected chi connectivity index (χ3v) is 2.31. The van der Waals surface area contributed by atoms with Gasteiger partial charge in [0.05, 0.1) is 6.61 Å². The first kappa shape index (κ1) is 12.8. The van der Waals surface area contributed by atoms with Gasteiger partial charge in [0, 0.05) is 5.92 Å². The van der Waals surface area contributed by atoms with Gasteiger partial charge in [0.15, 0.2) is 0 Å². The molecule has 1 atom stereocenters. The lowest BCUT2D eigenvalue weighted by Crippen LogP contribution is -2.46. The van der Waals surface area contributed by atoms with E-state index >= 15 is 0 Å². The molecule has 0 aromatic heterocycles. The van der Waals surface area contributed by atoms with Crippen molar-refractivity contribution in [2.45, 2.75) is 39.7 Å². The molecule has 0 saturated carbocycles. The molecule has 0 spiro atoms. The Labute approximate surface area is 84.8 Å². The fourth-order valence-corrected chi connectivity index (χ4v) is 1.35. The summed E-state index contributed by atoms with van der Waals surface area (Å²) in [5.74, 6) is -0.551. The topological polar surface area (TPSA) is 59.3 Å². The lowest BCUT2D eigenvalue weighted by Gasteiger charge is -2.30. The minimum Gasteiger partial charge on any atom is -0.463 e. The fraction of sp³-hybridized carbons (Fsp3) is 0.800. The van der Waals surface area contributed by atoms with Gasteiger partial charge in [-0.25, -0.2) is 4.79 Å². The lowest BCUT2D eigenvalue weighted by molar-refractivity contribution is -0.170. The Morgan fingerprint density at radius 3 is 2.36 bits per heavy atom. The van der Waals surface area contributed by atoms with E-state index in [4.69, 9.17) is 14.7 Å². The van der Waals surface area contributed by atoms with Crippen LogP contribution in [0.3, 0.4) is 0 Å².